The second-order valence-electron chi connectivity index (χ2n) is 7.04. The summed E-state index contributed by atoms with van der Waals surface area (Å²) in [7, 11) is 0. The van der Waals surface area contributed by atoms with Gasteiger partial charge in [0.2, 0.25) is 0 Å². The van der Waals surface area contributed by atoms with Gasteiger partial charge in [0.05, 0.1) is 0 Å². The first-order valence-corrected chi connectivity index (χ1v) is 10.3. The highest BCUT2D eigenvalue weighted by molar-refractivity contribution is 7.14. The molecule has 1 saturated heterocycles. The number of hydrogen-bond donors (Lipinski definition) is 1. The van der Waals surface area contributed by atoms with Gasteiger partial charge in [-0.15, -0.1) is 10.2 Å². The van der Waals surface area contributed by atoms with Crippen LogP contribution in [0.3, 0.4) is 0 Å². The van der Waals surface area contributed by atoms with Crippen LogP contribution in [0.1, 0.15) is 45.4 Å². The molecule has 4 rings (SSSR count). The normalized spacial score (nSPS) is 14.7. The minimum Gasteiger partial charge on any atom is -0.427 e. The molecule has 0 bridgehead atoms. The number of nitrogens with zero attached hydrogens (tertiary/aromatic N) is 2. The average Bonchev–Trinajstić information content (AvgIpc) is 3.15. The molecule has 29 heavy (non-hydrogen) atoms. The quantitative estimate of drug-likeness (QED) is 0.699. The minimum atomic E-state index is -0.611. The number of carbonyl (C=O) groups excluding carboxylic acids is 1. The van der Waals surface area contributed by atoms with Crippen LogP contribution in [0.15, 0.2) is 39.5 Å². The summed E-state index contributed by atoms with van der Waals surface area (Å²) in [5.74, 6) is 0.292. The molecule has 1 amide bonds. The van der Waals surface area contributed by atoms with E-state index in [1.54, 1.807) is 19.1 Å². The van der Waals surface area contributed by atoms with Crippen LogP contribution >= 0.6 is 11.3 Å². The summed E-state index contributed by atoms with van der Waals surface area (Å²) in [6.07, 6.45) is 1.62. The monoisotopic (exact) mass is 411 g/mol. The Bertz CT molecular complexity index is 1100. The number of amides is 1. The molecule has 0 radical (unpaired) electrons. The van der Waals surface area contributed by atoms with Crippen molar-refractivity contribution in [3.63, 3.8) is 0 Å². The first-order valence-electron chi connectivity index (χ1n) is 9.45. The lowest BCUT2D eigenvalue weighted by molar-refractivity contribution is 0.0796. The summed E-state index contributed by atoms with van der Waals surface area (Å²) >= 11 is 1.48. The predicted molar refractivity (Wildman–Crippen MR) is 111 cm³/mol. The van der Waals surface area contributed by atoms with Crippen molar-refractivity contribution in [3.05, 3.63) is 62.6 Å². The molecule has 0 atom stereocenters. The highest BCUT2D eigenvalue weighted by atomic mass is 32.1. The Morgan fingerprint density at radius 2 is 1.97 bits per heavy atom. The van der Waals surface area contributed by atoms with Crippen molar-refractivity contribution in [1.29, 1.82) is 0 Å². The zero-order chi connectivity index (χ0) is 20.4. The van der Waals surface area contributed by atoms with E-state index in [2.05, 4.69) is 15.5 Å². The van der Waals surface area contributed by atoms with E-state index in [4.69, 9.17) is 9.15 Å². The first-order chi connectivity index (χ1) is 14.0. The van der Waals surface area contributed by atoms with Gasteiger partial charge < -0.3 is 14.5 Å². The van der Waals surface area contributed by atoms with Crippen molar-refractivity contribution in [1.82, 2.24) is 10.2 Å². The van der Waals surface area contributed by atoms with E-state index in [-0.39, 0.29) is 11.5 Å². The SMILES string of the molecule is Cc1nnc(-c2cccc(NC(=O)c3c(C)cc(C4CCOCC4)oc3=O)c2)s1. The van der Waals surface area contributed by atoms with E-state index < -0.39 is 11.5 Å². The van der Waals surface area contributed by atoms with Gasteiger partial charge in [-0.05, 0) is 50.5 Å². The molecular weight excluding hydrogens is 390 g/mol. The Labute approximate surface area is 171 Å². The molecule has 1 fully saturated rings. The third-order valence-electron chi connectivity index (χ3n) is 4.91. The van der Waals surface area contributed by atoms with Crippen molar-refractivity contribution in [2.75, 3.05) is 18.5 Å². The number of anilines is 1. The Morgan fingerprint density at radius 1 is 1.17 bits per heavy atom. The number of nitrogens with one attached hydrogen (secondary N) is 1. The molecule has 0 spiro atoms. The molecule has 2 aromatic heterocycles. The molecule has 3 heterocycles. The smallest absolute Gasteiger partial charge is 0.349 e. The van der Waals surface area contributed by atoms with Gasteiger partial charge in [0.1, 0.15) is 21.3 Å². The van der Waals surface area contributed by atoms with Crippen LogP contribution in [0.5, 0.6) is 0 Å². The zero-order valence-corrected chi connectivity index (χ0v) is 17.0. The molecule has 3 aromatic rings. The fourth-order valence-corrected chi connectivity index (χ4v) is 4.11. The van der Waals surface area contributed by atoms with Crippen molar-refractivity contribution < 1.29 is 13.9 Å². The maximum absolute atomic E-state index is 12.8. The minimum absolute atomic E-state index is 0.0259. The van der Waals surface area contributed by atoms with Gasteiger partial charge in [-0.2, -0.15) is 0 Å². The van der Waals surface area contributed by atoms with Crippen LogP contribution in [-0.2, 0) is 4.74 Å². The fourth-order valence-electron chi connectivity index (χ4n) is 3.43. The average molecular weight is 411 g/mol. The maximum Gasteiger partial charge on any atom is 0.349 e. The summed E-state index contributed by atoms with van der Waals surface area (Å²) in [6.45, 7) is 4.95. The molecular formula is C21H21N3O4S. The van der Waals surface area contributed by atoms with Gasteiger partial charge in [0.15, 0.2) is 0 Å². The Kier molecular flexibility index (Phi) is 5.55. The highest BCUT2D eigenvalue weighted by Crippen LogP contribution is 2.28. The number of aromatic nitrogens is 2. The van der Waals surface area contributed by atoms with Crippen molar-refractivity contribution >= 4 is 22.9 Å². The zero-order valence-electron chi connectivity index (χ0n) is 16.2. The topological polar surface area (TPSA) is 94.3 Å². The standard InChI is InChI=1S/C21H21N3O4S/c1-12-10-17(14-6-8-27-9-7-14)28-21(26)18(12)19(25)22-16-5-3-4-15(11-16)20-24-23-13(2)29-20/h3-5,10-11,14H,6-9H2,1-2H3,(H,22,25). The molecule has 1 N–H and O–H groups in total. The van der Waals surface area contributed by atoms with Crippen LogP contribution in [0.25, 0.3) is 10.6 Å². The van der Waals surface area contributed by atoms with Gasteiger partial charge >= 0.3 is 5.63 Å². The number of benzene rings is 1. The van der Waals surface area contributed by atoms with Crippen molar-refractivity contribution in [2.45, 2.75) is 32.6 Å². The van der Waals surface area contributed by atoms with Crippen LogP contribution in [0.2, 0.25) is 0 Å². The highest BCUT2D eigenvalue weighted by Gasteiger charge is 2.23. The molecule has 0 saturated carbocycles. The predicted octanol–water partition coefficient (Wildman–Crippen LogP) is 3.92. The lowest BCUT2D eigenvalue weighted by Gasteiger charge is -2.21. The Hall–Kier alpha value is -2.84. The molecule has 8 heteroatoms. The molecule has 7 nitrogen and oxygen atoms in total. The molecule has 150 valence electrons. The van der Waals surface area contributed by atoms with Crippen LogP contribution < -0.4 is 10.9 Å². The first kappa shape index (κ1) is 19.5. The number of hydrogen-bond acceptors (Lipinski definition) is 7. The van der Waals surface area contributed by atoms with Gasteiger partial charge in [0, 0.05) is 30.4 Å². The summed E-state index contributed by atoms with van der Waals surface area (Å²) in [5.41, 5.74) is 1.45. The van der Waals surface area contributed by atoms with Crippen LogP contribution in [0, 0.1) is 13.8 Å². The van der Waals surface area contributed by atoms with Gasteiger partial charge in [-0.3, -0.25) is 4.79 Å². The lowest BCUT2D eigenvalue weighted by atomic mass is 9.95. The van der Waals surface area contributed by atoms with E-state index in [1.807, 2.05) is 25.1 Å². The summed E-state index contributed by atoms with van der Waals surface area (Å²) in [4.78, 5) is 25.3. The van der Waals surface area contributed by atoms with Crippen LogP contribution in [-0.4, -0.2) is 29.3 Å². The second kappa shape index (κ2) is 8.26. The summed E-state index contributed by atoms with van der Waals surface area (Å²) in [6, 6.07) is 9.10. The molecule has 1 aliphatic heterocycles. The Balaban J connectivity index is 1.56. The van der Waals surface area contributed by atoms with Crippen molar-refractivity contribution in [3.8, 4) is 10.6 Å². The fraction of sp³-hybridized carbons (Fsp3) is 0.333. The van der Waals surface area contributed by atoms with Gasteiger partial charge in [-0.1, -0.05) is 23.5 Å². The van der Waals surface area contributed by atoms with E-state index >= 15 is 0 Å². The largest absolute Gasteiger partial charge is 0.427 e. The third-order valence-corrected chi connectivity index (χ3v) is 5.80. The van der Waals surface area contributed by atoms with E-state index in [0.29, 0.717) is 30.2 Å². The molecule has 1 aliphatic rings. The van der Waals surface area contributed by atoms with Crippen molar-refractivity contribution in [2.24, 2.45) is 0 Å². The molecule has 1 aromatic carbocycles. The maximum atomic E-state index is 12.8. The molecule has 0 aliphatic carbocycles. The molecule has 0 unspecified atom stereocenters. The second-order valence-corrected chi connectivity index (χ2v) is 8.22. The van der Waals surface area contributed by atoms with Gasteiger partial charge in [-0.25, -0.2) is 4.79 Å². The summed E-state index contributed by atoms with van der Waals surface area (Å²) in [5, 5.41) is 12.6. The lowest BCUT2D eigenvalue weighted by Crippen LogP contribution is -2.24. The number of ether oxygens (including phenoxy) is 1. The third kappa shape index (κ3) is 4.28. The van der Waals surface area contributed by atoms with E-state index in [0.717, 1.165) is 28.4 Å². The van der Waals surface area contributed by atoms with E-state index in [9.17, 15) is 9.59 Å². The number of carbonyl (C=O) groups is 1. The number of rotatable bonds is 4. The van der Waals surface area contributed by atoms with Crippen LogP contribution in [0.4, 0.5) is 5.69 Å². The summed E-state index contributed by atoms with van der Waals surface area (Å²) < 4.78 is 10.9. The van der Waals surface area contributed by atoms with E-state index in [1.165, 1.54) is 11.3 Å². The Morgan fingerprint density at radius 3 is 2.66 bits per heavy atom. The number of aryl methyl sites for hydroxylation is 2. The van der Waals surface area contributed by atoms with Gasteiger partial charge in [0.25, 0.3) is 5.91 Å².